The van der Waals surface area contributed by atoms with Crippen LogP contribution in [0.4, 0.5) is 0 Å². The van der Waals surface area contributed by atoms with Crippen LogP contribution in [0.15, 0.2) is 48.3 Å². The molecule has 1 heterocycles. The molecule has 0 saturated heterocycles. The van der Waals surface area contributed by atoms with E-state index >= 15 is 0 Å². The van der Waals surface area contributed by atoms with E-state index in [1.165, 1.54) is 24.1 Å². The van der Waals surface area contributed by atoms with Crippen molar-refractivity contribution in [3.63, 3.8) is 0 Å². The van der Waals surface area contributed by atoms with E-state index in [1.54, 1.807) is 7.11 Å². The quantitative estimate of drug-likeness (QED) is 0.752. The minimum absolute atomic E-state index is 0.209. The van der Waals surface area contributed by atoms with Gasteiger partial charge in [-0.25, -0.2) is 0 Å². The molecule has 0 saturated carbocycles. The summed E-state index contributed by atoms with van der Waals surface area (Å²) in [5.41, 5.74) is 3.00. The summed E-state index contributed by atoms with van der Waals surface area (Å²) in [5, 5.41) is 0. The van der Waals surface area contributed by atoms with Gasteiger partial charge < -0.3 is 9.47 Å². The molecule has 3 rings (SSSR count). The summed E-state index contributed by atoms with van der Waals surface area (Å²) in [4.78, 5) is 2.53. The van der Waals surface area contributed by atoms with Gasteiger partial charge in [0.1, 0.15) is 5.76 Å². The van der Waals surface area contributed by atoms with Crippen LogP contribution in [0.3, 0.4) is 0 Å². The van der Waals surface area contributed by atoms with Crippen LogP contribution >= 0.6 is 0 Å². The number of nitrogens with zero attached hydrogens (tertiary/aromatic N) is 1. The van der Waals surface area contributed by atoms with E-state index in [0.717, 1.165) is 38.3 Å². The molecule has 1 aromatic rings. The molecule has 0 N–H and O–H groups in total. The normalized spacial score (nSPS) is 21.3. The molecule has 3 nitrogen and oxygen atoms in total. The number of ether oxygens (including phenoxy) is 2. The maximum atomic E-state index is 5.92. The fraction of sp³-hybridized carbons (Fsp3) is 0.474. The van der Waals surface area contributed by atoms with Crippen molar-refractivity contribution >= 4 is 0 Å². The molecule has 1 aromatic carbocycles. The SMILES string of the molecule is COC1=CCC(OCCCN2CCc3ccccc3C2)C=C1. The monoisotopic (exact) mass is 299 g/mol. The molecule has 0 radical (unpaired) electrons. The highest BCUT2D eigenvalue weighted by Gasteiger charge is 2.15. The first-order chi connectivity index (χ1) is 10.8. The molecular weight excluding hydrogens is 274 g/mol. The predicted molar refractivity (Wildman–Crippen MR) is 88.6 cm³/mol. The summed E-state index contributed by atoms with van der Waals surface area (Å²) >= 11 is 0. The van der Waals surface area contributed by atoms with Gasteiger partial charge in [-0.2, -0.15) is 0 Å². The zero-order valence-corrected chi connectivity index (χ0v) is 13.3. The Hall–Kier alpha value is -1.58. The number of fused-ring (bicyclic) bond motifs is 1. The molecule has 1 aliphatic heterocycles. The lowest BCUT2D eigenvalue weighted by atomic mass is 10.00. The first-order valence-corrected chi connectivity index (χ1v) is 8.18. The third kappa shape index (κ3) is 3.99. The molecule has 1 aliphatic carbocycles. The van der Waals surface area contributed by atoms with Crippen LogP contribution in [0.25, 0.3) is 0 Å². The Labute approximate surface area is 133 Å². The fourth-order valence-corrected chi connectivity index (χ4v) is 3.12. The molecular formula is C19H25NO2. The summed E-state index contributed by atoms with van der Waals surface area (Å²) in [6.45, 7) is 4.19. The van der Waals surface area contributed by atoms with Crippen molar-refractivity contribution in [3.8, 4) is 0 Å². The third-order valence-corrected chi connectivity index (χ3v) is 4.42. The molecule has 22 heavy (non-hydrogen) atoms. The lowest BCUT2D eigenvalue weighted by molar-refractivity contribution is 0.0749. The lowest BCUT2D eigenvalue weighted by Crippen LogP contribution is -2.32. The van der Waals surface area contributed by atoms with Gasteiger partial charge in [0.05, 0.1) is 13.2 Å². The van der Waals surface area contributed by atoms with Gasteiger partial charge in [-0.05, 0) is 42.5 Å². The lowest BCUT2D eigenvalue weighted by Gasteiger charge is -2.28. The Kier molecular flexibility index (Phi) is 5.30. The number of benzene rings is 1. The summed E-state index contributed by atoms with van der Waals surface area (Å²) in [6, 6.07) is 8.80. The van der Waals surface area contributed by atoms with Crippen molar-refractivity contribution in [2.75, 3.05) is 26.8 Å². The second-order valence-corrected chi connectivity index (χ2v) is 5.96. The van der Waals surface area contributed by atoms with E-state index in [0.29, 0.717) is 0 Å². The van der Waals surface area contributed by atoms with Gasteiger partial charge in [-0.3, -0.25) is 4.90 Å². The van der Waals surface area contributed by atoms with Crippen LogP contribution in [0, 0.1) is 0 Å². The standard InChI is InChI=1S/C19H25NO2/c1-21-18-7-9-19(10-8-18)22-14-4-12-20-13-11-16-5-2-3-6-17(16)15-20/h2-3,5-9,19H,4,10-15H2,1H3. The van der Waals surface area contributed by atoms with Gasteiger partial charge in [0.2, 0.25) is 0 Å². The Bertz CT molecular complexity index is 550. The highest BCUT2D eigenvalue weighted by molar-refractivity contribution is 5.29. The van der Waals surface area contributed by atoms with Crippen LogP contribution in [0.1, 0.15) is 24.0 Å². The third-order valence-electron chi connectivity index (χ3n) is 4.42. The van der Waals surface area contributed by atoms with Crippen molar-refractivity contribution < 1.29 is 9.47 Å². The largest absolute Gasteiger partial charge is 0.497 e. The summed E-state index contributed by atoms with van der Waals surface area (Å²) < 4.78 is 11.1. The average molecular weight is 299 g/mol. The second-order valence-electron chi connectivity index (χ2n) is 5.96. The van der Waals surface area contributed by atoms with Crippen molar-refractivity contribution in [2.24, 2.45) is 0 Å². The van der Waals surface area contributed by atoms with Crippen LogP contribution in [0.5, 0.6) is 0 Å². The number of methoxy groups -OCH3 is 1. The maximum absolute atomic E-state index is 5.92. The minimum Gasteiger partial charge on any atom is -0.497 e. The van der Waals surface area contributed by atoms with Gasteiger partial charge >= 0.3 is 0 Å². The zero-order chi connectivity index (χ0) is 15.2. The summed E-state index contributed by atoms with van der Waals surface area (Å²) in [7, 11) is 1.70. The number of hydrogen-bond donors (Lipinski definition) is 0. The first kappa shape index (κ1) is 15.3. The van der Waals surface area contributed by atoms with Gasteiger partial charge in [-0.1, -0.05) is 30.3 Å². The van der Waals surface area contributed by atoms with Crippen molar-refractivity contribution in [1.29, 1.82) is 0 Å². The molecule has 2 aliphatic rings. The van der Waals surface area contributed by atoms with Crippen LogP contribution in [0.2, 0.25) is 0 Å². The topological polar surface area (TPSA) is 21.7 Å². The first-order valence-electron chi connectivity index (χ1n) is 8.18. The van der Waals surface area contributed by atoms with E-state index in [1.807, 2.05) is 6.08 Å². The number of rotatable bonds is 6. The van der Waals surface area contributed by atoms with Crippen molar-refractivity contribution in [3.05, 3.63) is 59.4 Å². The number of hydrogen-bond acceptors (Lipinski definition) is 3. The van der Waals surface area contributed by atoms with E-state index in [-0.39, 0.29) is 6.10 Å². The van der Waals surface area contributed by atoms with Crippen LogP contribution in [-0.2, 0) is 22.4 Å². The molecule has 3 heteroatoms. The minimum atomic E-state index is 0.209. The maximum Gasteiger partial charge on any atom is 0.114 e. The van der Waals surface area contributed by atoms with Crippen molar-refractivity contribution in [1.82, 2.24) is 4.90 Å². The predicted octanol–water partition coefficient (Wildman–Crippen LogP) is 3.31. The molecule has 0 amide bonds. The van der Waals surface area contributed by atoms with E-state index in [2.05, 4.69) is 41.3 Å². The Morgan fingerprint density at radius 2 is 2.09 bits per heavy atom. The van der Waals surface area contributed by atoms with Gasteiger partial charge in [-0.15, -0.1) is 0 Å². The molecule has 0 aromatic heterocycles. The highest BCUT2D eigenvalue weighted by Crippen LogP contribution is 2.19. The molecule has 118 valence electrons. The number of allylic oxidation sites excluding steroid dienone is 1. The molecule has 0 spiro atoms. The van der Waals surface area contributed by atoms with Gasteiger partial charge in [0.15, 0.2) is 0 Å². The Morgan fingerprint density at radius 3 is 2.86 bits per heavy atom. The molecule has 0 fully saturated rings. The van der Waals surface area contributed by atoms with Gasteiger partial charge in [0, 0.05) is 26.2 Å². The van der Waals surface area contributed by atoms with Crippen LogP contribution in [-0.4, -0.2) is 37.8 Å². The second kappa shape index (κ2) is 7.61. The van der Waals surface area contributed by atoms with Gasteiger partial charge in [0.25, 0.3) is 0 Å². The van der Waals surface area contributed by atoms with Crippen LogP contribution < -0.4 is 0 Å². The van der Waals surface area contributed by atoms with E-state index in [9.17, 15) is 0 Å². The Morgan fingerprint density at radius 1 is 1.23 bits per heavy atom. The highest BCUT2D eigenvalue weighted by atomic mass is 16.5. The van der Waals surface area contributed by atoms with Crippen molar-refractivity contribution in [2.45, 2.75) is 31.9 Å². The molecule has 0 bridgehead atoms. The summed E-state index contributed by atoms with van der Waals surface area (Å²) in [6.07, 6.45) is 9.57. The summed E-state index contributed by atoms with van der Waals surface area (Å²) in [5.74, 6) is 0.937. The van der Waals surface area contributed by atoms with E-state index < -0.39 is 0 Å². The Balaban J connectivity index is 1.35. The zero-order valence-electron chi connectivity index (χ0n) is 13.3. The molecule has 1 unspecified atom stereocenters. The van der Waals surface area contributed by atoms with E-state index in [4.69, 9.17) is 9.47 Å². The fourth-order valence-electron chi connectivity index (χ4n) is 3.12. The smallest absolute Gasteiger partial charge is 0.114 e. The average Bonchev–Trinajstić information content (AvgIpc) is 2.59. The molecule has 1 atom stereocenters.